The first-order valence-corrected chi connectivity index (χ1v) is 8.83. The number of benzene rings is 1. The number of ether oxygens (including phenoxy) is 1. The number of aliphatic hydroxyl groups is 1. The summed E-state index contributed by atoms with van der Waals surface area (Å²) in [6.07, 6.45) is 0.748. The predicted molar refractivity (Wildman–Crippen MR) is 97.7 cm³/mol. The third-order valence-electron chi connectivity index (χ3n) is 4.30. The number of esters is 1. The summed E-state index contributed by atoms with van der Waals surface area (Å²) < 4.78 is 5.28. The van der Waals surface area contributed by atoms with Gasteiger partial charge in [-0.25, -0.2) is 0 Å². The van der Waals surface area contributed by atoms with Gasteiger partial charge in [0.15, 0.2) is 0 Å². The number of rotatable bonds is 10. The van der Waals surface area contributed by atoms with Gasteiger partial charge < -0.3 is 15.2 Å². The topological polar surface area (TPSA) is 75.6 Å². The summed E-state index contributed by atoms with van der Waals surface area (Å²) in [5, 5.41) is 12.1. The molecule has 0 aliphatic rings. The van der Waals surface area contributed by atoms with Gasteiger partial charge in [-0.3, -0.25) is 9.59 Å². The number of amides is 1. The van der Waals surface area contributed by atoms with Crippen LogP contribution in [0.1, 0.15) is 46.1 Å². The second kappa shape index (κ2) is 10.2. The van der Waals surface area contributed by atoms with E-state index in [2.05, 4.69) is 5.32 Å². The highest BCUT2D eigenvalue weighted by atomic mass is 16.5. The molecule has 0 unspecified atom stereocenters. The molecule has 1 aromatic carbocycles. The van der Waals surface area contributed by atoms with Crippen LogP contribution in [-0.4, -0.2) is 30.1 Å². The third-order valence-corrected chi connectivity index (χ3v) is 4.30. The Morgan fingerprint density at radius 3 is 2.40 bits per heavy atom. The molecule has 0 radical (unpaired) electrons. The Hall–Kier alpha value is -1.88. The van der Waals surface area contributed by atoms with Crippen molar-refractivity contribution in [2.45, 2.75) is 47.1 Å². The molecule has 2 N–H and O–H groups in total. The van der Waals surface area contributed by atoms with E-state index in [1.807, 2.05) is 58.0 Å². The van der Waals surface area contributed by atoms with Crippen LogP contribution in [-0.2, 0) is 20.9 Å². The Balaban J connectivity index is 2.46. The van der Waals surface area contributed by atoms with Gasteiger partial charge in [-0.2, -0.15) is 0 Å². The molecule has 1 atom stereocenters. The number of nitrogens with one attached hydrogen (secondary N) is 1. The van der Waals surface area contributed by atoms with Crippen LogP contribution in [0, 0.1) is 17.3 Å². The van der Waals surface area contributed by atoms with E-state index < -0.39 is 5.92 Å². The highest BCUT2D eigenvalue weighted by Gasteiger charge is 2.26. The van der Waals surface area contributed by atoms with Gasteiger partial charge in [0.2, 0.25) is 5.91 Å². The molecule has 0 saturated carbocycles. The smallest absolute Gasteiger partial charge is 0.306 e. The zero-order valence-corrected chi connectivity index (χ0v) is 15.7. The van der Waals surface area contributed by atoms with E-state index in [1.165, 1.54) is 0 Å². The lowest BCUT2D eigenvalue weighted by atomic mass is 9.89. The number of carbonyl (C=O) groups excluding carboxylic acids is 2. The van der Waals surface area contributed by atoms with Crippen molar-refractivity contribution in [3.05, 3.63) is 35.9 Å². The monoisotopic (exact) mass is 349 g/mol. The maximum absolute atomic E-state index is 12.4. The highest BCUT2D eigenvalue weighted by Crippen LogP contribution is 2.19. The van der Waals surface area contributed by atoms with Crippen LogP contribution in [0.25, 0.3) is 0 Å². The number of aliphatic hydroxyl groups excluding tert-OH is 1. The van der Waals surface area contributed by atoms with Gasteiger partial charge in [-0.1, -0.05) is 58.0 Å². The molecule has 0 aromatic heterocycles. The quantitative estimate of drug-likeness (QED) is 0.637. The fourth-order valence-corrected chi connectivity index (χ4v) is 2.34. The summed E-state index contributed by atoms with van der Waals surface area (Å²) in [7, 11) is 0. The predicted octanol–water partition coefficient (Wildman–Crippen LogP) is 2.92. The third kappa shape index (κ3) is 8.16. The number of hydrogen-bond acceptors (Lipinski definition) is 4. The van der Waals surface area contributed by atoms with Gasteiger partial charge in [-0.15, -0.1) is 0 Å². The minimum atomic E-state index is -0.416. The van der Waals surface area contributed by atoms with Crippen LogP contribution in [0.3, 0.4) is 0 Å². The fraction of sp³-hybridized carbons (Fsp3) is 0.600. The number of hydrogen-bond donors (Lipinski definition) is 2. The second-order valence-corrected chi connectivity index (χ2v) is 7.56. The Morgan fingerprint density at radius 1 is 1.20 bits per heavy atom. The molecule has 0 spiro atoms. The second-order valence-electron chi connectivity index (χ2n) is 7.56. The van der Waals surface area contributed by atoms with Crippen LogP contribution in [0.4, 0.5) is 0 Å². The molecular formula is C20H31NO4. The molecule has 140 valence electrons. The summed E-state index contributed by atoms with van der Waals surface area (Å²) in [6.45, 7) is 8.51. The molecule has 1 amide bonds. The van der Waals surface area contributed by atoms with E-state index >= 15 is 0 Å². The van der Waals surface area contributed by atoms with Crippen LogP contribution in [0.15, 0.2) is 30.3 Å². The van der Waals surface area contributed by atoms with Crippen molar-refractivity contribution in [3.8, 4) is 0 Å². The Bertz CT molecular complexity index is 540. The average Bonchev–Trinajstić information content (AvgIpc) is 2.58. The normalized spacial score (nSPS) is 12.7. The first-order valence-electron chi connectivity index (χ1n) is 8.83. The molecule has 0 aliphatic carbocycles. The van der Waals surface area contributed by atoms with Crippen LogP contribution >= 0.6 is 0 Å². The lowest BCUT2D eigenvalue weighted by Crippen LogP contribution is -2.37. The van der Waals surface area contributed by atoms with Crippen molar-refractivity contribution in [1.29, 1.82) is 0 Å². The molecule has 1 aromatic rings. The van der Waals surface area contributed by atoms with Gasteiger partial charge in [0.1, 0.15) is 6.61 Å². The summed E-state index contributed by atoms with van der Waals surface area (Å²) in [6, 6.07) is 9.47. The summed E-state index contributed by atoms with van der Waals surface area (Å²) in [4.78, 5) is 24.5. The highest BCUT2D eigenvalue weighted by molar-refractivity contribution is 5.83. The van der Waals surface area contributed by atoms with Gasteiger partial charge in [0.05, 0.1) is 12.3 Å². The average molecular weight is 349 g/mol. The van der Waals surface area contributed by atoms with Crippen molar-refractivity contribution in [2.24, 2.45) is 17.3 Å². The molecule has 0 fully saturated rings. The van der Waals surface area contributed by atoms with Crippen LogP contribution in [0.5, 0.6) is 0 Å². The molecule has 25 heavy (non-hydrogen) atoms. The summed E-state index contributed by atoms with van der Waals surface area (Å²) in [5.74, 6) is -0.885. The van der Waals surface area contributed by atoms with E-state index in [0.29, 0.717) is 13.0 Å². The Labute approximate surface area is 150 Å². The van der Waals surface area contributed by atoms with Crippen molar-refractivity contribution in [1.82, 2.24) is 5.32 Å². The zero-order valence-electron chi connectivity index (χ0n) is 15.7. The fourth-order valence-electron chi connectivity index (χ4n) is 2.34. The maximum atomic E-state index is 12.4. The zero-order chi connectivity index (χ0) is 18.9. The van der Waals surface area contributed by atoms with Crippen molar-refractivity contribution in [2.75, 3.05) is 13.2 Å². The Kier molecular flexibility index (Phi) is 8.62. The van der Waals surface area contributed by atoms with E-state index in [4.69, 9.17) is 4.74 Å². The molecule has 5 heteroatoms. The minimum Gasteiger partial charge on any atom is -0.461 e. The molecule has 1 rings (SSSR count). The first kappa shape index (κ1) is 21.2. The van der Waals surface area contributed by atoms with Crippen molar-refractivity contribution < 1.29 is 19.4 Å². The molecule has 0 heterocycles. The largest absolute Gasteiger partial charge is 0.461 e. The SMILES string of the molecule is CC(C)[C@H](CC(=O)OCc1ccccc1)C(=O)NCCC(C)(C)CO. The van der Waals surface area contributed by atoms with E-state index in [0.717, 1.165) is 5.56 Å². The van der Waals surface area contributed by atoms with E-state index in [9.17, 15) is 14.7 Å². The minimum absolute atomic E-state index is 0.0372. The Morgan fingerprint density at radius 2 is 1.84 bits per heavy atom. The van der Waals surface area contributed by atoms with Gasteiger partial charge in [0.25, 0.3) is 0 Å². The van der Waals surface area contributed by atoms with Gasteiger partial charge in [-0.05, 0) is 23.3 Å². The summed E-state index contributed by atoms with van der Waals surface area (Å²) >= 11 is 0. The molecule has 5 nitrogen and oxygen atoms in total. The maximum Gasteiger partial charge on any atom is 0.306 e. The summed E-state index contributed by atoms with van der Waals surface area (Å²) in [5.41, 5.74) is 0.697. The van der Waals surface area contributed by atoms with E-state index in [1.54, 1.807) is 0 Å². The standard InChI is InChI=1S/C20H31NO4/c1-15(2)17(19(24)21-11-10-20(3,4)14-22)12-18(23)25-13-16-8-6-5-7-9-16/h5-9,15,17,22H,10-14H2,1-4H3,(H,21,24)/t17-/m0/s1. The van der Waals surface area contributed by atoms with E-state index in [-0.39, 0.29) is 42.8 Å². The van der Waals surface area contributed by atoms with Crippen LogP contribution in [0.2, 0.25) is 0 Å². The first-order chi connectivity index (χ1) is 11.7. The molecular weight excluding hydrogens is 318 g/mol. The van der Waals surface area contributed by atoms with Crippen molar-refractivity contribution >= 4 is 11.9 Å². The number of carbonyl (C=O) groups is 2. The van der Waals surface area contributed by atoms with Gasteiger partial charge in [0, 0.05) is 13.2 Å². The van der Waals surface area contributed by atoms with Crippen molar-refractivity contribution in [3.63, 3.8) is 0 Å². The lowest BCUT2D eigenvalue weighted by Gasteiger charge is -2.23. The molecule has 0 aliphatic heterocycles. The molecule has 0 saturated heterocycles. The lowest BCUT2D eigenvalue weighted by molar-refractivity contribution is -0.148. The van der Waals surface area contributed by atoms with Crippen LogP contribution < -0.4 is 5.32 Å². The van der Waals surface area contributed by atoms with Gasteiger partial charge >= 0.3 is 5.97 Å². The molecule has 0 bridgehead atoms.